The Morgan fingerprint density at radius 2 is 2.00 bits per heavy atom. The highest BCUT2D eigenvalue weighted by atomic mass is 35.5. The van der Waals surface area contributed by atoms with E-state index in [0.29, 0.717) is 23.0 Å². The van der Waals surface area contributed by atoms with Crippen LogP contribution in [0.5, 0.6) is 0 Å². The van der Waals surface area contributed by atoms with E-state index in [-0.39, 0.29) is 5.71 Å². The minimum atomic E-state index is -0.451. The van der Waals surface area contributed by atoms with Crippen molar-refractivity contribution in [1.29, 1.82) is 0 Å². The van der Waals surface area contributed by atoms with E-state index in [4.69, 9.17) is 16.3 Å². The van der Waals surface area contributed by atoms with Gasteiger partial charge < -0.3 is 9.72 Å². The molecular formula is C15H15ClN2O2. The maximum Gasteiger partial charge on any atom is 0.359 e. The third-order valence-electron chi connectivity index (χ3n) is 2.73. The van der Waals surface area contributed by atoms with Crippen molar-refractivity contribution in [2.24, 2.45) is 4.99 Å². The van der Waals surface area contributed by atoms with Crippen LogP contribution in [0.3, 0.4) is 0 Å². The Hall–Kier alpha value is -2.07. The number of halogens is 1. The molecule has 4 nitrogen and oxygen atoms in total. The van der Waals surface area contributed by atoms with E-state index in [2.05, 4.69) is 9.98 Å². The summed E-state index contributed by atoms with van der Waals surface area (Å²) in [6.07, 6.45) is 1.77. The molecule has 0 unspecified atom stereocenters. The van der Waals surface area contributed by atoms with Crippen molar-refractivity contribution in [3.05, 3.63) is 52.8 Å². The molecule has 104 valence electrons. The molecule has 0 fully saturated rings. The molecule has 1 aromatic heterocycles. The quantitative estimate of drug-likeness (QED) is 0.690. The van der Waals surface area contributed by atoms with Crippen molar-refractivity contribution in [3.8, 4) is 0 Å². The highest BCUT2D eigenvalue weighted by Gasteiger charge is 2.18. The Balaban J connectivity index is 2.43. The molecule has 0 spiro atoms. The lowest BCUT2D eigenvalue weighted by Crippen LogP contribution is -2.19. The number of hydrogen-bond donors (Lipinski definition) is 1. The summed E-state index contributed by atoms with van der Waals surface area (Å²) in [4.78, 5) is 19.5. The summed E-state index contributed by atoms with van der Waals surface area (Å²) in [6.45, 7) is 3.97. The van der Waals surface area contributed by atoms with Crippen molar-refractivity contribution >= 4 is 29.0 Å². The van der Waals surface area contributed by atoms with Gasteiger partial charge in [-0.15, -0.1) is 0 Å². The molecular weight excluding hydrogens is 276 g/mol. The summed E-state index contributed by atoms with van der Waals surface area (Å²) in [6, 6.07) is 8.83. The number of aromatic amines is 1. The zero-order valence-electron chi connectivity index (χ0n) is 11.3. The highest BCUT2D eigenvalue weighted by molar-refractivity contribution is 6.43. The fourth-order valence-corrected chi connectivity index (χ4v) is 1.88. The number of H-pyrrole nitrogens is 1. The molecule has 0 amide bonds. The second-order valence-electron chi connectivity index (χ2n) is 4.19. The van der Waals surface area contributed by atoms with Gasteiger partial charge in [-0.1, -0.05) is 11.6 Å². The molecule has 20 heavy (non-hydrogen) atoms. The lowest BCUT2D eigenvalue weighted by atomic mass is 10.2. The Labute approximate surface area is 122 Å². The first-order chi connectivity index (χ1) is 9.61. The molecule has 0 aliphatic rings. The normalized spacial score (nSPS) is 11.4. The molecule has 2 aromatic rings. The van der Waals surface area contributed by atoms with Crippen LogP contribution in [-0.4, -0.2) is 23.3 Å². The van der Waals surface area contributed by atoms with Gasteiger partial charge in [0.15, 0.2) is 5.71 Å². The summed E-state index contributed by atoms with van der Waals surface area (Å²) in [7, 11) is 0. The van der Waals surface area contributed by atoms with Crippen LogP contribution in [0, 0.1) is 6.92 Å². The van der Waals surface area contributed by atoms with Gasteiger partial charge in [0.1, 0.15) is 0 Å². The van der Waals surface area contributed by atoms with E-state index in [9.17, 15) is 4.79 Å². The first kappa shape index (κ1) is 14.3. The third-order valence-corrected chi connectivity index (χ3v) is 2.98. The first-order valence-corrected chi connectivity index (χ1v) is 6.65. The van der Waals surface area contributed by atoms with E-state index >= 15 is 0 Å². The molecule has 2 rings (SSSR count). The van der Waals surface area contributed by atoms with Gasteiger partial charge in [-0.25, -0.2) is 9.79 Å². The number of benzene rings is 1. The second-order valence-corrected chi connectivity index (χ2v) is 4.63. The summed E-state index contributed by atoms with van der Waals surface area (Å²) in [5.41, 5.74) is 2.51. The van der Waals surface area contributed by atoms with Crippen LogP contribution in [0.2, 0.25) is 5.02 Å². The van der Waals surface area contributed by atoms with E-state index in [1.807, 2.05) is 13.0 Å². The number of aliphatic imine (C=N–C) groups is 1. The average molecular weight is 291 g/mol. The molecule has 0 atom stereocenters. The predicted octanol–water partition coefficient (Wildman–Crippen LogP) is 3.66. The average Bonchev–Trinajstić information content (AvgIpc) is 2.84. The zero-order valence-corrected chi connectivity index (χ0v) is 12.1. The zero-order chi connectivity index (χ0) is 14.5. The number of nitrogens with zero attached hydrogens (tertiary/aromatic N) is 1. The fraction of sp³-hybridized carbons (Fsp3) is 0.200. The molecule has 0 saturated carbocycles. The number of carbonyl (C=O) groups is 1. The molecule has 0 aliphatic carbocycles. The number of ether oxygens (including phenoxy) is 1. The minimum absolute atomic E-state index is 0.261. The topological polar surface area (TPSA) is 54.4 Å². The number of hydrogen-bond acceptors (Lipinski definition) is 3. The van der Waals surface area contributed by atoms with Gasteiger partial charge in [-0.05, 0) is 49.7 Å². The molecule has 1 N–H and O–H groups in total. The van der Waals surface area contributed by atoms with Gasteiger partial charge in [0.25, 0.3) is 0 Å². The van der Waals surface area contributed by atoms with Crippen molar-refractivity contribution < 1.29 is 9.53 Å². The number of aromatic nitrogens is 1. The van der Waals surface area contributed by atoms with Crippen LogP contribution in [0.1, 0.15) is 18.2 Å². The van der Waals surface area contributed by atoms with Crippen molar-refractivity contribution in [1.82, 2.24) is 4.98 Å². The predicted molar refractivity (Wildman–Crippen MR) is 79.8 cm³/mol. The summed E-state index contributed by atoms with van der Waals surface area (Å²) < 4.78 is 5.06. The molecule has 0 radical (unpaired) electrons. The number of esters is 1. The second kappa shape index (κ2) is 6.39. The summed E-state index contributed by atoms with van der Waals surface area (Å²) >= 11 is 5.84. The van der Waals surface area contributed by atoms with E-state index in [0.717, 1.165) is 5.56 Å². The van der Waals surface area contributed by atoms with E-state index in [1.165, 1.54) is 0 Å². The van der Waals surface area contributed by atoms with Crippen molar-refractivity contribution in [2.75, 3.05) is 6.61 Å². The minimum Gasteiger partial charge on any atom is -0.461 e. The lowest BCUT2D eigenvalue weighted by molar-refractivity contribution is -0.134. The Kier molecular flexibility index (Phi) is 4.58. The number of carbonyl (C=O) groups excluding carboxylic acids is 1. The van der Waals surface area contributed by atoms with Crippen LogP contribution in [0.15, 0.2) is 41.5 Å². The Bertz CT molecular complexity index is 630. The summed E-state index contributed by atoms with van der Waals surface area (Å²) in [5, 5.41) is 0.623. The largest absolute Gasteiger partial charge is 0.461 e. The standard InChI is InChI=1S/C15H15ClN2O2/c1-3-20-15(19)14(13-10(2)8-9-17-13)18-12-6-4-11(16)5-7-12/h4-9,17H,3H2,1-2H3. The highest BCUT2D eigenvalue weighted by Crippen LogP contribution is 2.19. The van der Waals surface area contributed by atoms with Gasteiger partial charge in [0.05, 0.1) is 18.0 Å². The monoisotopic (exact) mass is 290 g/mol. The van der Waals surface area contributed by atoms with Gasteiger partial charge >= 0.3 is 5.97 Å². The maximum absolute atomic E-state index is 12.1. The lowest BCUT2D eigenvalue weighted by Gasteiger charge is -2.06. The summed E-state index contributed by atoms with van der Waals surface area (Å²) in [5.74, 6) is -0.451. The van der Waals surface area contributed by atoms with Crippen molar-refractivity contribution in [3.63, 3.8) is 0 Å². The van der Waals surface area contributed by atoms with Gasteiger partial charge in [-0.3, -0.25) is 0 Å². The van der Waals surface area contributed by atoms with Crippen LogP contribution in [-0.2, 0) is 9.53 Å². The molecule has 5 heteroatoms. The fourth-order valence-electron chi connectivity index (χ4n) is 1.75. The first-order valence-electron chi connectivity index (χ1n) is 6.27. The van der Waals surface area contributed by atoms with Crippen LogP contribution in [0.25, 0.3) is 0 Å². The van der Waals surface area contributed by atoms with Gasteiger partial charge in [0, 0.05) is 11.2 Å². The smallest absolute Gasteiger partial charge is 0.359 e. The molecule has 0 saturated heterocycles. The van der Waals surface area contributed by atoms with Gasteiger partial charge in [-0.2, -0.15) is 0 Å². The maximum atomic E-state index is 12.1. The molecule has 0 bridgehead atoms. The van der Waals surface area contributed by atoms with Crippen molar-refractivity contribution in [2.45, 2.75) is 13.8 Å². The van der Waals surface area contributed by atoms with Crippen LogP contribution >= 0.6 is 11.6 Å². The third kappa shape index (κ3) is 3.27. The Morgan fingerprint density at radius 3 is 2.55 bits per heavy atom. The number of nitrogens with one attached hydrogen (secondary N) is 1. The Morgan fingerprint density at radius 1 is 1.30 bits per heavy atom. The SMILES string of the molecule is CCOC(=O)C(=Nc1ccc(Cl)cc1)c1[nH]ccc1C. The van der Waals surface area contributed by atoms with E-state index < -0.39 is 5.97 Å². The van der Waals surface area contributed by atoms with E-state index in [1.54, 1.807) is 37.4 Å². The van der Waals surface area contributed by atoms with Crippen LogP contribution < -0.4 is 0 Å². The number of aryl methyl sites for hydroxylation is 1. The number of rotatable bonds is 4. The molecule has 0 aliphatic heterocycles. The molecule has 1 aromatic carbocycles. The van der Waals surface area contributed by atoms with Crippen LogP contribution in [0.4, 0.5) is 5.69 Å². The molecule has 1 heterocycles. The van der Waals surface area contributed by atoms with Gasteiger partial charge in [0.2, 0.25) is 0 Å².